The Balaban J connectivity index is 2.69. The monoisotopic (exact) mass is 278 g/mol. The Morgan fingerprint density at radius 2 is 1.95 bits per heavy atom. The van der Waals surface area contributed by atoms with Crippen LogP contribution in [-0.2, 0) is 4.79 Å². The van der Waals surface area contributed by atoms with Crippen LogP contribution in [0.3, 0.4) is 0 Å². The molecule has 1 aromatic carbocycles. The van der Waals surface area contributed by atoms with Crippen LogP contribution in [0.5, 0.6) is 5.75 Å². The molecule has 112 valence electrons. The molecule has 0 aromatic heterocycles. The molecule has 0 spiro atoms. The van der Waals surface area contributed by atoms with Crippen LogP contribution in [0, 0.1) is 6.92 Å². The van der Waals surface area contributed by atoms with Crippen LogP contribution in [0.15, 0.2) is 18.2 Å². The van der Waals surface area contributed by atoms with E-state index in [1.807, 2.05) is 26.0 Å². The number of amides is 1. The average molecular weight is 278 g/mol. The van der Waals surface area contributed by atoms with Crippen molar-refractivity contribution in [3.63, 3.8) is 0 Å². The molecular weight excluding hydrogens is 252 g/mol. The van der Waals surface area contributed by atoms with Gasteiger partial charge in [0.15, 0.2) is 0 Å². The van der Waals surface area contributed by atoms with E-state index in [0.717, 1.165) is 5.75 Å². The third-order valence-corrected chi connectivity index (χ3v) is 3.16. The quantitative estimate of drug-likeness (QED) is 0.804. The summed E-state index contributed by atoms with van der Waals surface area (Å²) >= 11 is 0. The van der Waals surface area contributed by atoms with Crippen molar-refractivity contribution in [1.29, 1.82) is 0 Å². The normalized spacial score (nSPS) is 12.8. The van der Waals surface area contributed by atoms with Crippen LogP contribution in [-0.4, -0.2) is 24.6 Å². The van der Waals surface area contributed by atoms with Gasteiger partial charge in [-0.25, -0.2) is 0 Å². The topological polar surface area (TPSA) is 64.3 Å². The predicted octanol–water partition coefficient (Wildman–Crippen LogP) is 2.35. The van der Waals surface area contributed by atoms with Gasteiger partial charge in [-0.1, -0.05) is 33.8 Å². The predicted molar refractivity (Wildman–Crippen MR) is 82.0 cm³/mol. The first-order valence-corrected chi connectivity index (χ1v) is 7.10. The summed E-state index contributed by atoms with van der Waals surface area (Å²) in [7, 11) is 0. The smallest absolute Gasteiger partial charge is 0.238 e. The minimum atomic E-state index is -0.472. The zero-order valence-electron chi connectivity index (χ0n) is 13.1. The van der Waals surface area contributed by atoms with Crippen molar-refractivity contribution < 1.29 is 9.53 Å². The number of nitrogens with one attached hydrogen (secondary N) is 1. The molecule has 1 aromatic rings. The fourth-order valence-corrected chi connectivity index (χ4v) is 2.18. The van der Waals surface area contributed by atoms with E-state index in [1.165, 1.54) is 11.1 Å². The zero-order chi connectivity index (χ0) is 15.3. The maximum atomic E-state index is 11.3. The SMILES string of the molecule is Cc1cc(OCC(NC(C)C)C(N)=O)ccc1C(C)C. The molecule has 0 saturated carbocycles. The number of ether oxygens (including phenoxy) is 1. The van der Waals surface area contributed by atoms with Crippen LogP contribution in [0.1, 0.15) is 44.7 Å². The highest BCUT2D eigenvalue weighted by atomic mass is 16.5. The first-order chi connectivity index (χ1) is 9.31. The minimum Gasteiger partial charge on any atom is -0.491 e. The fraction of sp³-hybridized carbons (Fsp3) is 0.562. The number of carbonyl (C=O) groups is 1. The number of hydrogen-bond acceptors (Lipinski definition) is 3. The van der Waals surface area contributed by atoms with E-state index in [1.54, 1.807) is 0 Å². The maximum absolute atomic E-state index is 11.3. The summed E-state index contributed by atoms with van der Waals surface area (Å²) in [5.74, 6) is 0.864. The number of carbonyl (C=O) groups excluding carboxylic acids is 1. The number of aryl methyl sites for hydroxylation is 1. The van der Waals surface area contributed by atoms with E-state index < -0.39 is 11.9 Å². The Morgan fingerprint density at radius 3 is 2.40 bits per heavy atom. The summed E-state index contributed by atoms with van der Waals surface area (Å²) < 4.78 is 5.68. The second-order valence-electron chi connectivity index (χ2n) is 5.76. The van der Waals surface area contributed by atoms with E-state index in [-0.39, 0.29) is 12.6 Å². The number of rotatable bonds is 7. The van der Waals surface area contributed by atoms with E-state index >= 15 is 0 Å². The highest BCUT2D eigenvalue weighted by molar-refractivity contribution is 5.80. The first kappa shape index (κ1) is 16.5. The van der Waals surface area contributed by atoms with Gasteiger partial charge in [-0.3, -0.25) is 4.79 Å². The van der Waals surface area contributed by atoms with Crippen molar-refractivity contribution in [2.24, 2.45) is 5.73 Å². The van der Waals surface area contributed by atoms with E-state index in [4.69, 9.17) is 10.5 Å². The van der Waals surface area contributed by atoms with Crippen molar-refractivity contribution in [1.82, 2.24) is 5.32 Å². The summed E-state index contributed by atoms with van der Waals surface area (Å²) in [6, 6.07) is 5.73. The molecule has 1 amide bonds. The number of nitrogens with two attached hydrogens (primary N) is 1. The van der Waals surface area contributed by atoms with Gasteiger partial charge in [0.25, 0.3) is 0 Å². The minimum absolute atomic E-state index is 0.182. The third-order valence-electron chi connectivity index (χ3n) is 3.16. The van der Waals surface area contributed by atoms with Crippen molar-refractivity contribution in [3.8, 4) is 5.75 Å². The van der Waals surface area contributed by atoms with Crippen LogP contribution >= 0.6 is 0 Å². The van der Waals surface area contributed by atoms with Crippen molar-refractivity contribution in [3.05, 3.63) is 29.3 Å². The maximum Gasteiger partial charge on any atom is 0.238 e. The summed E-state index contributed by atoms with van der Waals surface area (Å²) in [5.41, 5.74) is 7.87. The molecule has 4 nitrogen and oxygen atoms in total. The first-order valence-electron chi connectivity index (χ1n) is 7.10. The molecule has 3 N–H and O–H groups in total. The molecule has 1 atom stereocenters. The lowest BCUT2D eigenvalue weighted by Crippen LogP contribution is -2.48. The molecule has 0 radical (unpaired) electrons. The van der Waals surface area contributed by atoms with E-state index in [0.29, 0.717) is 5.92 Å². The molecule has 0 bridgehead atoms. The standard InChI is InChI=1S/C16H26N2O2/c1-10(2)14-7-6-13(8-12(14)5)20-9-15(16(17)19)18-11(3)4/h6-8,10-11,15,18H,9H2,1-5H3,(H2,17,19). The van der Waals surface area contributed by atoms with Crippen LogP contribution in [0.2, 0.25) is 0 Å². The molecule has 20 heavy (non-hydrogen) atoms. The summed E-state index contributed by atoms with van der Waals surface area (Å²) in [6.45, 7) is 10.6. The van der Waals surface area contributed by atoms with Crippen LogP contribution in [0.4, 0.5) is 0 Å². The van der Waals surface area contributed by atoms with Gasteiger partial charge in [0.1, 0.15) is 18.4 Å². The Bertz CT molecular complexity index is 456. The lowest BCUT2D eigenvalue weighted by atomic mass is 9.98. The van der Waals surface area contributed by atoms with Crippen LogP contribution < -0.4 is 15.8 Å². The average Bonchev–Trinajstić information content (AvgIpc) is 2.33. The number of hydrogen-bond donors (Lipinski definition) is 2. The summed E-state index contributed by atoms with van der Waals surface area (Å²) in [4.78, 5) is 11.3. The van der Waals surface area contributed by atoms with Gasteiger partial charge in [-0.15, -0.1) is 0 Å². The molecule has 4 heteroatoms. The van der Waals surface area contributed by atoms with Gasteiger partial charge < -0.3 is 15.8 Å². The van der Waals surface area contributed by atoms with Crippen molar-refractivity contribution >= 4 is 5.91 Å². The highest BCUT2D eigenvalue weighted by Crippen LogP contribution is 2.23. The molecule has 0 aliphatic rings. The van der Waals surface area contributed by atoms with Gasteiger partial charge in [0.05, 0.1) is 0 Å². The molecular formula is C16H26N2O2. The second kappa shape index (κ2) is 7.29. The Kier molecular flexibility index (Phi) is 6.02. The second-order valence-corrected chi connectivity index (χ2v) is 5.76. The van der Waals surface area contributed by atoms with E-state index in [2.05, 4.69) is 32.2 Å². The van der Waals surface area contributed by atoms with Gasteiger partial charge in [-0.05, 0) is 36.1 Å². The highest BCUT2D eigenvalue weighted by Gasteiger charge is 2.17. The molecule has 0 aliphatic heterocycles. The molecule has 1 unspecified atom stereocenters. The Hall–Kier alpha value is -1.55. The zero-order valence-corrected chi connectivity index (χ0v) is 13.1. The van der Waals surface area contributed by atoms with Gasteiger partial charge in [0.2, 0.25) is 5.91 Å². The lowest BCUT2D eigenvalue weighted by Gasteiger charge is -2.19. The van der Waals surface area contributed by atoms with E-state index in [9.17, 15) is 4.79 Å². The largest absolute Gasteiger partial charge is 0.491 e. The molecule has 0 saturated heterocycles. The molecule has 1 rings (SSSR count). The van der Waals surface area contributed by atoms with Gasteiger partial charge >= 0.3 is 0 Å². The summed E-state index contributed by atoms with van der Waals surface area (Å²) in [6.07, 6.45) is 0. The number of benzene rings is 1. The van der Waals surface area contributed by atoms with Crippen molar-refractivity contribution in [2.75, 3.05) is 6.61 Å². The lowest BCUT2D eigenvalue weighted by molar-refractivity contribution is -0.120. The summed E-state index contributed by atoms with van der Waals surface area (Å²) in [5, 5.41) is 3.09. The van der Waals surface area contributed by atoms with Crippen LogP contribution in [0.25, 0.3) is 0 Å². The number of primary amides is 1. The van der Waals surface area contributed by atoms with Gasteiger partial charge in [-0.2, -0.15) is 0 Å². The fourth-order valence-electron chi connectivity index (χ4n) is 2.18. The Labute approximate surface area is 121 Å². The van der Waals surface area contributed by atoms with Crippen molar-refractivity contribution in [2.45, 2.75) is 52.6 Å². The Morgan fingerprint density at radius 1 is 1.30 bits per heavy atom. The molecule has 0 heterocycles. The molecule has 0 fully saturated rings. The third kappa shape index (κ3) is 4.85. The van der Waals surface area contributed by atoms with Gasteiger partial charge in [0, 0.05) is 6.04 Å². The molecule has 0 aliphatic carbocycles.